The lowest BCUT2D eigenvalue weighted by Gasteiger charge is -2.12. The fourth-order valence-electron chi connectivity index (χ4n) is 2.59. The van der Waals surface area contributed by atoms with E-state index in [1.54, 1.807) is 17.0 Å². The van der Waals surface area contributed by atoms with Crippen molar-refractivity contribution in [3.8, 4) is 11.7 Å². The van der Waals surface area contributed by atoms with Crippen molar-refractivity contribution in [3.63, 3.8) is 0 Å². The molecule has 0 radical (unpaired) electrons. The first-order chi connectivity index (χ1) is 14.0. The average Bonchev–Trinajstić information content (AvgIpc) is 3.27. The number of hydrogen-bond acceptors (Lipinski definition) is 7. The molecule has 3 aromatic rings. The quantitative estimate of drug-likeness (QED) is 0.538. The Balaban J connectivity index is 1.74. The molecule has 0 amide bonds. The molecular formula is C19H23FN8O. The number of H-pyrrole nitrogens is 1. The molecule has 3 heterocycles. The Hall–Kier alpha value is -3.56. The minimum atomic E-state index is -0.546. The standard InChI is InChI=1S/C19H23FN8O/c1-12(2)29-18-7-17(26-27-18)28-11-23-15-5-6-16(25-19(15)28)24-13(3)8-22-10-14(20)9-21-4/h5-7,9-13H,4,8H2,1-3H3,(H,24,25)(H,26,27)/b14-9+,22-10-/t13-/m0/s1. The summed E-state index contributed by atoms with van der Waals surface area (Å²) < 4.78 is 20.6. The Bertz CT molecular complexity index is 1040. The fourth-order valence-corrected chi connectivity index (χ4v) is 2.59. The number of nitrogens with one attached hydrogen (secondary N) is 2. The molecule has 2 N–H and O–H groups in total. The van der Waals surface area contributed by atoms with Crippen LogP contribution in [0.25, 0.3) is 17.0 Å². The number of hydrogen-bond donors (Lipinski definition) is 2. The Morgan fingerprint density at radius 2 is 2.24 bits per heavy atom. The molecule has 29 heavy (non-hydrogen) atoms. The predicted octanol–water partition coefficient (Wildman–Crippen LogP) is 3.31. The molecule has 0 bridgehead atoms. The second-order valence-corrected chi connectivity index (χ2v) is 6.65. The average molecular weight is 398 g/mol. The molecule has 3 aromatic heterocycles. The van der Waals surface area contributed by atoms with E-state index in [9.17, 15) is 4.39 Å². The van der Waals surface area contributed by atoms with Crippen molar-refractivity contribution in [1.29, 1.82) is 0 Å². The number of halogens is 1. The van der Waals surface area contributed by atoms with Gasteiger partial charge in [-0.25, -0.2) is 19.5 Å². The Labute approximate surface area is 167 Å². The van der Waals surface area contributed by atoms with E-state index in [1.807, 2.05) is 32.9 Å². The van der Waals surface area contributed by atoms with Gasteiger partial charge in [0, 0.05) is 12.1 Å². The second-order valence-electron chi connectivity index (χ2n) is 6.65. The van der Waals surface area contributed by atoms with E-state index in [-0.39, 0.29) is 12.1 Å². The minimum Gasteiger partial charge on any atom is -0.475 e. The summed E-state index contributed by atoms with van der Waals surface area (Å²) >= 11 is 0. The Kier molecular flexibility index (Phi) is 6.32. The first-order valence-electron chi connectivity index (χ1n) is 9.10. The molecule has 0 aliphatic heterocycles. The molecule has 10 heteroatoms. The van der Waals surface area contributed by atoms with Crippen LogP contribution in [0, 0.1) is 0 Å². The molecule has 3 rings (SSSR count). The molecular weight excluding hydrogens is 375 g/mol. The van der Waals surface area contributed by atoms with Crippen LogP contribution in [0.2, 0.25) is 0 Å². The summed E-state index contributed by atoms with van der Waals surface area (Å²) in [6, 6.07) is 5.43. The van der Waals surface area contributed by atoms with Gasteiger partial charge in [0.05, 0.1) is 25.1 Å². The number of pyridine rings is 1. The number of allylic oxidation sites excluding steroid dienone is 1. The van der Waals surface area contributed by atoms with Crippen LogP contribution in [0.1, 0.15) is 20.8 Å². The van der Waals surface area contributed by atoms with Crippen LogP contribution in [0.5, 0.6) is 5.88 Å². The van der Waals surface area contributed by atoms with Crippen LogP contribution in [0.4, 0.5) is 10.2 Å². The largest absolute Gasteiger partial charge is 0.475 e. The number of rotatable bonds is 9. The van der Waals surface area contributed by atoms with Gasteiger partial charge in [-0.15, -0.1) is 0 Å². The van der Waals surface area contributed by atoms with E-state index in [0.29, 0.717) is 29.7 Å². The molecule has 0 saturated heterocycles. The van der Waals surface area contributed by atoms with E-state index < -0.39 is 5.83 Å². The smallest absolute Gasteiger partial charge is 0.211 e. The number of anilines is 1. The van der Waals surface area contributed by atoms with Crippen LogP contribution < -0.4 is 10.1 Å². The van der Waals surface area contributed by atoms with Crippen LogP contribution in [0.15, 0.2) is 46.5 Å². The van der Waals surface area contributed by atoms with Crippen molar-refractivity contribution in [2.75, 3.05) is 11.9 Å². The first kappa shape index (κ1) is 20.2. The van der Waals surface area contributed by atoms with Gasteiger partial charge < -0.3 is 10.1 Å². The highest BCUT2D eigenvalue weighted by molar-refractivity contribution is 5.76. The third kappa shape index (κ3) is 5.24. The lowest BCUT2D eigenvalue weighted by Crippen LogP contribution is -2.19. The van der Waals surface area contributed by atoms with Crippen molar-refractivity contribution in [2.24, 2.45) is 9.98 Å². The van der Waals surface area contributed by atoms with Gasteiger partial charge in [0.1, 0.15) is 17.7 Å². The molecule has 9 nitrogen and oxygen atoms in total. The molecule has 0 saturated carbocycles. The SMILES string of the molecule is C=N/C=C(F)\C=N/C[C@H](C)Nc1ccc2ncn(-c3cc(OC(C)C)[nH]n3)c2n1. The lowest BCUT2D eigenvalue weighted by atomic mass is 10.3. The molecule has 0 spiro atoms. The first-order valence-corrected chi connectivity index (χ1v) is 9.10. The molecule has 0 unspecified atom stereocenters. The van der Waals surface area contributed by atoms with Gasteiger partial charge in [-0.1, -0.05) is 0 Å². The van der Waals surface area contributed by atoms with Crippen LogP contribution in [-0.2, 0) is 0 Å². The van der Waals surface area contributed by atoms with E-state index in [1.165, 1.54) is 0 Å². The van der Waals surface area contributed by atoms with Crippen LogP contribution in [0.3, 0.4) is 0 Å². The summed E-state index contributed by atoms with van der Waals surface area (Å²) in [5.41, 5.74) is 1.39. The zero-order valence-electron chi connectivity index (χ0n) is 16.5. The molecule has 1 atom stereocenters. The third-order valence-electron chi connectivity index (χ3n) is 3.75. The van der Waals surface area contributed by atoms with Crippen molar-refractivity contribution in [3.05, 3.63) is 36.6 Å². The molecule has 0 aliphatic rings. The number of aliphatic imine (C=N–C) groups is 2. The number of ether oxygens (including phenoxy) is 1. The van der Waals surface area contributed by atoms with Gasteiger partial charge in [-0.3, -0.25) is 14.6 Å². The summed E-state index contributed by atoms with van der Waals surface area (Å²) in [4.78, 5) is 16.4. The molecule has 0 aliphatic carbocycles. The van der Waals surface area contributed by atoms with E-state index in [4.69, 9.17) is 4.74 Å². The number of aromatic nitrogens is 5. The van der Waals surface area contributed by atoms with Crippen molar-refractivity contribution in [2.45, 2.75) is 32.9 Å². The molecule has 0 aromatic carbocycles. The van der Waals surface area contributed by atoms with E-state index in [0.717, 1.165) is 17.9 Å². The Morgan fingerprint density at radius 3 is 3.00 bits per heavy atom. The van der Waals surface area contributed by atoms with Crippen molar-refractivity contribution < 1.29 is 9.13 Å². The summed E-state index contributed by atoms with van der Waals surface area (Å²) in [7, 11) is 0. The summed E-state index contributed by atoms with van der Waals surface area (Å²) in [5.74, 6) is 1.31. The number of imidazole rings is 1. The predicted molar refractivity (Wildman–Crippen MR) is 112 cm³/mol. The van der Waals surface area contributed by atoms with Gasteiger partial charge in [0.25, 0.3) is 0 Å². The third-order valence-corrected chi connectivity index (χ3v) is 3.75. The maximum atomic E-state index is 13.2. The highest BCUT2D eigenvalue weighted by Gasteiger charge is 2.12. The maximum Gasteiger partial charge on any atom is 0.211 e. The summed E-state index contributed by atoms with van der Waals surface area (Å²) in [6.45, 7) is 9.38. The van der Waals surface area contributed by atoms with Crippen LogP contribution in [-0.4, -0.2) is 56.4 Å². The lowest BCUT2D eigenvalue weighted by molar-refractivity contribution is 0.232. The zero-order valence-corrected chi connectivity index (χ0v) is 16.5. The Morgan fingerprint density at radius 1 is 1.41 bits per heavy atom. The van der Waals surface area contributed by atoms with Gasteiger partial charge in [0.2, 0.25) is 5.88 Å². The van der Waals surface area contributed by atoms with Crippen molar-refractivity contribution >= 4 is 29.9 Å². The van der Waals surface area contributed by atoms with E-state index >= 15 is 0 Å². The van der Waals surface area contributed by atoms with Gasteiger partial charge in [0.15, 0.2) is 17.3 Å². The highest BCUT2D eigenvalue weighted by Crippen LogP contribution is 2.20. The zero-order chi connectivity index (χ0) is 20.8. The molecule has 152 valence electrons. The normalized spacial score (nSPS) is 13.3. The van der Waals surface area contributed by atoms with Crippen LogP contribution >= 0.6 is 0 Å². The topological polar surface area (TPSA) is 105 Å². The van der Waals surface area contributed by atoms with E-state index in [2.05, 4.69) is 42.2 Å². The van der Waals surface area contributed by atoms with Crippen molar-refractivity contribution in [1.82, 2.24) is 24.7 Å². The van der Waals surface area contributed by atoms with Gasteiger partial charge in [-0.05, 0) is 39.6 Å². The minimum absolute atomic E-state index is 0.0397. The maximum absolute atomic E-state index is 13.2. The number of nitrogens with zero attached hydrogens (tertiary/aromatic N) is 6. The highest BCUT2D eigenvalue weighted by atomic mass is 19.1. The summed E-state index contributed by atoms with van der Waals surface area (Å²) in [6.07, 6.45) is 3.82. The fraction of sp³-hybridized carbons (Fsp3) is 0.316. The number of fused-ring (bicyclic) bond motifs is 1. The molecule has 0 fully saturated rings. The monoisotopic (exact) mass is 398 g/mol. The summed E-state index contributed by atoms with van der Waals surface area (Å²) in [5, 5.41) is 10.4. The second kappa shape index (κ2) is 9.09. The number of aromatic amines is 1. The van der Waals surface area contributed by atoms with Gasteiger partial charge >= 0.3 is 0 Å². The van der Waals surface area contributed by atoms with Gasteiger partial charge in [-0.2, -0.15) is 5.10 Å².